The zero-order valence-electron chi connectivity index (χ0n) is 9.86. The number of esters is 1. The van der Waals surface area contributed by atoms with Gasteiger partial charge < -0.3 is 14.4 Å². The summed E-state index contributed by atoms with van der Waals surface area (Å²) < 4.78 is 23.6. The summed E-state index contributed by atoms with van der Waals surface area (Å²) in [6, 6.07) is 4.33. The van der Waals surface area contributed by atoms with Crippen molar-refractivity contribution in [2.24, 2.45) is 0 Å². The highest BCUT2D eigenvalue weighted by molar-refractivity contribution is 6.30. The Labute approximate surface area is 109 Å². The number of carbonyl (C=O) groups is 1. The molecule has 1 aromatic rings. The van der Waals surface area contributed by atoms with Crippen LogP contribution in [0, 0.1) is 5.82 Å². The molecule has 18 heavy (non-hydrogen) atoms. The minimum absolute atomic E-state index is 0.254. The van der Waals surface area contributed by atoms with Gasteiger partial charge in [0.2, 0.25) is 0 Å². The Hall–Kier alpha value is -1.33. The standard InChI is InChI=1S/C12H13ClFNO3/c1-17-12(16)11-7-15(4-5-18-11)10-6-8(13)2-3-9(10)14/h2-3,6,11H,4-5,7H2,1H3/t11-/m1/s1. The van der Waals surface area contributed by atoms with Crippen molar-refractivity contribution in [3.8, 4) is 0 Å². The SMILES string of the molecule is COC(=O)[C@H]1CN(c2cc(Cl)ccc2F)CCO1. The molecule has 0 radical (unpaired) electrons. The van der Waals surface area contributed by atoms with E-state index in [4.69, 9.17) is 16.3 Å². The Bertz CT molecular complexity index is 455. The average molecular weight is 274 g/mol. The number of ether oxygens (including phenoxy) is 2. The lowest BCUT2D eigenvalue weighted by Crippen LogP contribution is -2.46. The number of methoxy groups -OCH3 is 1. The maximum Gasteiger partial charge on any atom is 0.336 e. The largest absolute Gasteiger partial charge is 0.467 e. The second-order valence-electron chi connectivity index (χ2n) is 3.92. The normalized spacial score (nSPS) is 19.7. The highest BCUT2D eigenvalue weighted by atomic mass is 35.5. The molecule has 1 heterocycles. The van der Waals surface area contributed by atoms with Crippen LogP contribution in [-0.2, 0) is 14.3 Å². The van der Waals surface area contributed by atoms with Crippen LogP contribution in [-0.4, -0.2) is 38.9 Å². The molecule has 0 bridgehead atoms. The smallest absolute Gasteiger partial charge is 0.336 e. The summed E-state index contributed by atoms with van der Waals surface area (Å²) >= 11 is 5.85. The fraction of sp³-hybridized carbons (Fsp3) is 0.417. The molecule has 0 aromatic heterocycles. The quantitative estimate of drug-likeness (QED) is 0.771. The second-order valence-corrected chi connectivity index (χ2v) is 4.36. The van der Waals surface area contributed by atoms with Gasteiger partial charge in [0.05, 0.1) is 25.9 Å². The molecule has 0 aliphatic carbocycles. The number of hydrogen-bond donors (Lipinski definition) is 0. The maximum atomic E-state index is 13.7. The molecule has 0 N–H and O–H groups in total. The number of nitrogens with zero attached hydrogens (tertiary/aromatic N) is 1. The molecule has 1 aliphatic rings. The number of hydrogen-bond acceptors (Lipinski definition) is 4. The Morgan fingerprint density at radius 3 is 3.11 bits per heavy atom. The average Bonchev–Trinajstić information content (AvgIpc) is 2.40. The van der Waals surface area contributed by atoms with Crippen molar-refractivity contribution in [1.29, 1.82) is 0 Å². The molecular weight excluding hydrogens is 261 g/mol. The van der Waals surface area contributed by atoms with Crippen LogP contribution in [0.15, 0.2) is 18.2 Å². The van der Waals surface area contributed by atoms with Crippen molar-refractivity contribution in [3.63, 3.8) is 0 Å². The summed E-state index contributed by atoms with van der Waals surface area (Å²) in [5.74, 6) is -0.827. The molecule has 0 spiro atoms. The summed E-state index contributed by atoms with van der Waals surface area (Å²) in [5.41, 5.74) is 0.375. The molecule has 1 atom stereocenters. The first kappa shape index (κ1) is 13.1. The second kappa shape index (κ2) is 5.54. The zero-order valence-corrected chi connectivity index (χ0v) is 10.6. The van der Waals surface area contributed by atoms with Gasteiger partial charge >= 0.3 is 5.97 Å². The number of morpholine rings is 1. The van der Waals surface area contributed by atoms with Crippen LogP contribution in [0.4, 0.5) is 10.1 Å². The van der Waals surface area contributed by atoms with Crippen LogP contribution in [0.1, 0.15) is 0 Å². The molecule has 0 unspecified atom stereocenters. The first-order valence-electron chi connectivity index (χ1n) is 5.51. The lowest BCUT2D eigenvalue weighted by atomic mass is 10.2. The fourth-order valence-electron chi connectivity index (χ4n) is 1.87. The van der Waals surface area contributed by atoms with E-state index in [1.807, 2.05) is 0 Å². The summed E-state index contributed by atoms with van der Waals surface area (Å²) in [4.78, 5) is 13.1. The van der Waals surface area contributed by atoms with Crippen LogP contribution < -0.4 is 4.90 Å². The van der Waals surface area contributed by atoms with Crippen molar-refractivity contribution in [1.82, 2.24) is 0 Å². The van der Waals surface area contributed by atoms with Gasteiger partial charge in [0.15, 0.2) is 6.10 Å². The van der Waals surface area contributed by atoms with Crippen molar-refractivity contribution in [2.75, 3.05) is 31.7 Å². The Morgan fingerprint density at radius 2 is 2.39 bits per heavy atom. The fourth-order valence-corrected chi connectivity index (χ4v) is 2.04. The molecule has 0 saturated carbocycles. The molecule has 1 aliphatic heterocycles. The van der Waals surface area contributed by atoms with Crippen molar-refractivity contribution in [3.05, 3.63) is 29.0 Å². The third kappa shape index (κ3) is 2.73. The number of halogens is 2. The van der Waals surface area contributed by atoms with Crippen molar-refractivity contribution in [2.45, 2.75) is 6.10 Å². The molecule has 1 saturated heterocycles. The monoisotopic (exact) mass is 273 g/mol. The van der Waals surface area contributed by atoms with E-state index >= 15 is 0 Å². The lowest BCUT2D eigenvalue weighted by molar-refractivity contribution is -0.154. The summed E-state index contributed by atoms with van der Waals surface area (Å²) in [5, 5.41) is 0.451. The topological polar surface area (TPSA) is 38.8 Å². The summed E-state index contributed by atoms with van der Waals surface area (Å²) in [7, 11) is 1.30. The van der Waals surface area contributed by atoms with Gasteiger partial charge in [0.1, 0.15) is 5.82 Å². The van der Waals surface area contributed by atoms with Gasteiger partial charge in [-0.2, -0.15) is 0 Å². The van der Waals surface area contributed by atoms with E-state index in [2.05, 4.69) is 4.74 Å². The molecule has 1 aromatic carbocycles. The van der Waals surface area contributed by atoms with E-state index < -0.39 is 12.1 Å². The van der Waals surface area contributed by atoms with Crippen LogP contribution >= 0.6 is 11.6 Å². The third-order valence-electron chi connectivity index (χ3n) is 2.78. The number of anilines is 1. The van der Waals surface area contributed by atoms with Crippen molar-refractivity contribution >= 4 is 23.3 Å². The first-order chi connectivity index (χ1) is 8.61. The molecule has 6 heteroatoms. The highest BCUT2D eigenvalue weighted by Crippen LogP contribution is 2.25. The van der Waals surface area contributed by atoms with Gasteiger partial charge in [-0.25, -0.2) is 9.18 Å². The van der Waals surface area contributed by atoms with Gasteiger partial charge in [-0.1, -0.05) is 11.6 Å². The molecule has 1 fully saturated rings. The van der Waals surface area contributed by atoms with E-state index in [1.165, 1.54) is 25.3 Å². The summed E-state index contributed by atoms with van der Waals surface area (Å²) in [6.07, 6.45) is -0.692. The molecule has 98 valence electrons. The van der Waals surface area contributed by atoms with Crippen LogP contribution in [0.2, 0.25) is 5.02 Å². The Kier molecular flexibility index (Phi) is 4.04. The van der Waals surface area contributed by atoms with Crippen LogP contribution in [0.5, 0.6) is 0 Å². The molecular formula is C12H13ClFNO3. The predicted molar refractivity (Wildman–Crippen MR) is 65.4 cm³/mol. The van der Waals surface area contributed by atoms with Gasteiger partial charge in [-0.05, 0) is 18.2 Å². The maximum absolute atomic E-state index is 13.7. The molecule has 2 rings (SSSR count). The molecule has 4 nitrogen and oxygen atoms in total. The number of carbonyl (C=O) groups excluding carboxylic acids is 1. The summed E-state index contributed by atoms with van der Waals surface area (Å²) in [6.45, 7) is 1.10. The Balaban J connectivity index is 2.18. The highest BCUT2D eigenvalue weighted by Gasteiger charge is 2.28. The minimum Gasteiger partial charge on any atom is -0.467 e. The predicted octanol–water partition coefficient (Wildman–Crippen LogP) is 1.86. The van der Waals surface area contributed by atoms with E-state index in [0.29, 0.717) is 23.9 Å². The first-order valence-corrected chi connectivity index (χ1v) is 5.89. The van der Waals surface area contributed by atoms with E-state index in [9.17, 15) is 9.18 Å². The van der Waals surface area contributed by atoms with Gasteiger partial charge in [-0.15, -0.1) is 0 Å². The van der Waals surface area contributed by atoms with Gasteiger partial charge in [0.25, 0.3) is 0 Å². The number of rotatable bonds is 2. The van der Waals surface area contributed by atoms with E-state index in [0.717, 1.165) is 0 Å². The lowest BCUT2D eigenvalue weighted by Gasteiger charge is -2.33. The van der Waals surface area contributed by atoms with Crippen LogP contribution in [0.25, 0.3) is 0 Å². The van der Waals surface area contributed by atoms with Gasteiger partial charge in [0, 0.05) is 11.6 Å². The van der Waals surface area contributed by atoms with E-state index in [-0.39, 0.29) is 12.4 Å². The van der Waals surface area contributed by atoms with Crippen molar-refractivity contribution < 1.29 is 18.7 Å². The van der Waals surface area contributed by atoms with E-state index in [1.54, 1.807) is 4.90 Å². The minimum atomic E-state index is -0.692. The van der Waals surface area contributed by atoms with Gasteiger partial charge in [-0.3, -0.25) is 0 Å². The number of benzene rings is 1. The molecule has 0 amide bonds. The Morgan fingerprint density at radius 1 is 1.61 bits per heavy atom. The van der Waals surface area contributed by atoms with Crippen LogP contribution in [0.3, 0.4) is 0 Å². The third-order valence-corrected chi connectivity index (χ3v) is 3.01. The zero-order chi connectivity index (χ0) is 13.1.